The van der Waals surface area contributed by atoms with Crippen molar-refractivity contribution < 1.29 is 32.2 Å². The zero-order valence-corrected chi connectivity index (χ0v) is 18.7. The van der Waals surface area contributed by atoms with Crippen LogP contribution < -0.4 is 26.1 Å². The molecule has 3 rings (SSSR count). The van der Waals surface area contributed by atoms with Crippen LogP contribution in [0.2, 0.25) is 0 Å². The van der Waals surface area contributed by atoms with E-state index in [1.807, 2.05) is 11.0 Å². The number of halogens is 3. The van der Waals surface area contributed by atoms with Gasteiger partial charge in [0.1, 0.15) is 30.7 Å². The summed E-state index contributed by atoms with van der Waals surface area (Å²) >= 11 is 0. The smallest absolute Gasteiger partial charge is 0.487 e. The molecule has 35 heavy (non-hydrogen) atoms. The number of fused-ring (bicyclic) bond motifs is 1. The highest BCUT2D eigenvalue weighted by Gasteiger charge is 2.31. The summed E-state index contributed by atoms with van der Waals surface area (Å²) in [6.45, 7) is 4.40. The van der Waals surface area contributed by atoms with E-state index in [1.165, 1.54) is 18.3 Å². The van der Waals surface area contributed by atoms with Crippen molar-refractivity contribution in [3.63, 3.8) is 0 Å². The van der Waals surface area contributed by atoms with E-state index in [0.29, 0.717) is 24.4 Å². The average molecular weight is 490 g/mol. The van der Waals surface area contributed by atoms with Crippen molar-refractivity contribution in [1.29, 1.82) is 0 Å². The number of anilines is 1. The first-order valence-electron chi connectivity index (χ1n) is 10.6. The van der Waals surface area contributed by atoms with Gasteiger partial charge in [-0.3, -0.25) is 5.01 Å². The number of nitrogens with two attached hydrogens (primary N) is 2. The summed E-state index contributed by atoms with van der Waals surface area (Å²) < 4.78 is 47.1. The molecule has 0 aromatic heterocycles. The van der Waals surface area contributed by atoms with Crippen LogP contribution >= 0.6 is 0 Å². The lowest BCUT2D eigenvalue weighted by Crippen LogP contribution is -2.31. The first-order chi connectivity index (χ1) is 16.6. The number of hydrogen-bond acceptors (Lipinski definition) is 8. The minimum Gasteiger partial charge on any atom is -0.487 e. The molecule has 186 valence electrons. The largest absolute Gasteiger partial charge is 0.573 e. The van der Waals surface area contributed by atoms with Crippen LogP contribution in [0.25, 0.3) is 5.70 Å². The van der Waals surface area contributed by atoms with Gasteiger partial charge >= 0.3 is 6.36 Å². The minimum absolute atomic E-state index is 0.0579. The molecule has 0 amide bonds. The molecule has 2 aromatic carbocycles. The summed E-state index contributed by atoms with van der Waals surface area (Å²) in [7, 11) is 0. The molecule has 0 bridgehead atoms. The van der Waals surface area contributed by atoms with E-state index in [4.69, 9.17) is 16.3 Å². The zero-order valence-electron chi connectivity index (χ0n) is 18.7. The topological polar surface area (TPSA) is 111 Å². The van der Waals surface area contributed by atoms with E-state index >= 15 is 0 Å². The highest BCUT2D eigenvalue weighted by molar-refractivity contribution is 5.75. The molecule has 1 atom stereocenters. The van der Waals surface area contributed by atoms with Gasteiger partial charge in [-0.1, -0.05) is 24.8 Å². The second kappa shape index (κ2) is 11.0. The van der Waals surface area contributed by atoms with Crippen LogP contribution in [-0.4, -0.2) is 36.5 Å². The molecule has 0 spiro atoms. The van der Waals surface area contributed by atoms with Crippen LogP contribution in [0.4, 0.5) is 18.9 Å². The first kappa shape index (κ1) is 25.6. The lowest BCUT2D eigenvalue weighted by atomic mass is 10.1. The van der Waals surface area contributed by atoms with Gasteiger partial charge in [-0.15, -0.1) is 13.2 Å². The molecule has 1 aliphatic heterocycles. The van der Waals surface area contributed by atoms with Crippen molar-refractivity contribution in [1.82, 2.24) is 4.90 Å². The Morgan fingerprint density at radius 1 is 1.23 bits per heavy atom. The molecule has 1 aliphatic rings. The molecule has 11 heteroatoms. The molecular weight excluding hydrogens is 465 g/mol. The van der Waals surface area contributed by atoms with Gasteiger partial charge in [0, 0.05) is 42.1 Å². The van der Waals surface area contributed by atoms with Crippen molar-refractivity contribution in [2.45, 2.75) is 31.8 Å². The number of carbonyl (C=O) groups excluding carboxylic acids is 2. The molecule has 0 aliphatic carbocycles. The number of carbonyl (C=O) groups is 2. The van der Waals surface area contributed by atoms with Gasteiger partial charge in [-0.05, 0) is 24.6 Å². The summed E-state index contributed by atoms with van der Waals surface area (Å²) in [4.78, 5) is 24.1. The Morgan fingerprint density at radius 3 is 2.66 bits per heavy atom. The van der Waals surface area contributed by atoms with Crippen LogP contribution in [0.5, 0.6) is 11.5 Å². The van der Waals surface area contributed by atoms with E-state index < -0.39 is 18.2 Å². The maximum absolute atomic E-state index is 12.5. The van der Waals surface area contributed by atoms with E-state index in [1.54, 1.807) is 12.1 Å². The fourth-order valence-electron chi connectivity index (χ4n) is 3.70. The quantitative estimate of drug-likeness (QED) is 0.280. The number of alkyl halides is 3. The maximum Gasteiger partial charge on any atom is 0.573 e. The fraction of sp³-hybridized carbons (Fsp3) is 0.250. The number of ether oxygens (including phenoxy) is 2. The molecule has 0 saturated heterocycles. The van der Waals surface area contributed by atoms with Crippen LogP contribution in [0.15, 0.2) is 60.9 Å². The summed E-state index contributed by atoms with van der Waals surface area (Å²) in [5.41, 5.74) is 8.75. The number of nitrogens with zero attached hydrogens (tertiary/aromatic N) is 2. The van der Waals surface area contributed by atoms with Crippen molar-refractivity contribution in [2.24, 2.45) is 11.6 Å². The maximum atomic E-state index is 12.5. The second-order valence-corrected chi connectivity index (χ2v) is 7.75. The Kier molecular flexibility index (Phi) is 8.02. The van der Waals surface area contributed by atoms with Gasteiger partial charge in [0.25, 0.3) is 0 Å². The predicted molar refractivity (Wildman–Crippen MR) is 124 cm³/mol. The third-order valence-corrected chi connectivity index (χ3v) is 5.31. The summed E-state index contributed by atoms with van der Waals surface area (Å²) in [5.74, 6) is 6.04. The van der Waals surface area contributed by atoms with E-state index in [2.05, 4.69) is 11.3 Å². The second-order valence-electron chi connectivity index (χ2n) is 7.75. The molecular formula is C24H25F3N4O4. The number of rotatable bonds is 11. The number of benzene rings is 2. The van der Waals surface area contributed by atoms with Gasteiger partial charge < -0.3 is 29.7 Å². The SMILES string of the molecule is C=C1c2cccc(OC/C(N)=C/N(N)c3cccc(OC(F)(F)F)c3)c2CN1C(C=O)CCC=O. The van der Waals surface area contributed by atoms with Gasteiger partial charge in [0.15, 0.2) is 0 Å². The Bertz CT molecular complexity index is 1120. The average Bonchev–Trinajstić information content (AvgIpc) is 3.14. The molecule has 8 nitrogen and oxygen atoms in total. The molecule has 4 N–H and O–H groups in total. The van der Waals surface area contributed by atoms with Crippen LogP contribution in [0.1, 0.15) is 24.0 Å². The first-order valence-corrected chi connectivity index (χ1v) is 10.6. The number of aldehydes is 2. The monoisotopic (exact) mass is 490 g/mol. The molecule has 0 saturated carbocycles. The van der Waals surface area contributed by atoms with E-state index in [0.717, 1.165) is 40.8 Å². The Hall–Kier alpha value is -3.99. The third-order valence-electron chi connectivity index (χ3n) is 5.31. The van der Waals surface area contributed by atoms with Crippen molar-refractivity contribution in [2.75, 3.05) is 11.6 Å². The van der Waals surface area contributed by atoms with Gasteiger partial charge in [-0.2, -0.15) is 0 Å². The van der Waals surface area contributed by atoms with Gasteiger partial charge in [0.05, 0.1) is 17.4 Å². The highest BCUT2D eigenvalue weighted by atomic mass is 19.4. The molecule has 0 radical (unpaired) electrons. The van der Waals surface area contributed by atoms with Crippen LogP contribution in [0, 0.1) is 0 Å². The Balaban J connectivity index is 1.68. The van der Waals surface area contributed by atoms with E-state index in [-0.39, 0.29) is 24.4 Å². The molecule has 1 unspecified atom stereocenters. The van der Waals surface area contributed by atoms with Crippen LogP contribution in [-0.2, 0) is 16.1 Å². The summed E-state index contributed by atoms with van der Waals surface area (Å²) in [6.07, 6.45) is -1.29. The Morgan fingerprint density at radius 2 is 1.97 bits per heavy atom. The lowest BCUT2D eigenvalue weighted by Gasteiger charge is -2.25. The zero-order chi connectivity index (χ0) is 25.6. The minimum atomic E-state index is -4.82. The summed E-state index contributed by atoms with van der Waals surface area (Å²) in [6, 6.07) is 10.0. The van der Waals surface area contributed by atoms with Gasteiger partial charge in [-0.25, -0.2) is 5.84 Å². The number of hydrogen-bond donors (Lipinski definition) is 2. The normalized spacial score (nSPS) is 14.3. The van der Waals surface area contributed by atoms with Gasteiger partial charge in [0.2, 0.25) is 0 Å². The molecule has 0 fully saturated rings. The predicted octanol–water partition coefficient (Wildman–Crippen LogP) is 3.48. The molecule has 1 heterocycles. The van der Waals surface area contributed by atoms with Crippen LogP contribution in [0.3, 0.4) is 0 Å². The lowest BCUT2D eigenvalue weighted by molar-refractivity contribution is -0.274. The third kappa shape index (κ3) is 6.54. The van der Waals surface area contributed by atoms with E-state index in [9.17, 15) is 22.8 Å². The summed E-state index contributed by atoms with van der Waals surface area (Å²) in [5, 5.41) is 1.06. The fourth-order valence-corrected chi connectivity index (χ4v) is 3.70. The van der Waals surface area contributed by atoms with Crippen molar-refractivity contribution in [3.8, 4) is 11.5 Å². The number of hydrazine groups is 1. The highest BCUT2D eigenvalue weighted by Crippen LogP contribution is 2.38. The van der Waals surface area contributed by atoms with Crippen molar-refractivity contribution in [3.05, 3.63) is 72.1 Å². The Labute approximate surface area is 200 Å². The van der Waals surface area contributed by atoms with Crippen molar-refractivity contribution >= 4 is 24.0 Å². The molecule has 2 aromatic rings. The standard InChI is InChI=1S/C24H25F3N4O4/c1-16-21-8-3-9-23(22(21)13-30(16)19(14-33)6-4-10-32)34-15-17(28)12-31(29)18-5-2-7-20(11-18)35-24(25,26)27/h2-3,5,7-12,14,19H,1,4,6,13,15,28-29H2/b17-12-.